The van der Waals surface area contributed by atoms with Gasteiger partial charge in [-0.15, -0.1) is 0 Å². The molecule has 8 heteroatoms. The molecule has 0 aliphatic carbocycles. The van der Waals surface area contributed by atoms with E-state index < -0.39 is 0 Å². The monoisotopic (exact) mass is 457 g/mol. The summed E-state index contributed by atoms with van der Waals surface area (Å²) >= 11 is 0. The van der Waals surface area contributed by atoms with Crippen LogP contribution < -0.4 is 10.1 Å². The smallest absolute Gasteiger partial charge is 0.191 e. The van der Waals surface area contributed by atoms with Crippen molar-refractivity contribution in [2.45, 2.75) is 26.8 Å². The summed E-state index contributed by atoms with van der Waals surface area (Å²) in [6.45, 7) is 5.99. The van der Waals surface area contributed by atoms with E-state index >= 15 is 0 Å². The van der Waals surface area contributed by atoms with E-state index in [0.29, 0.717) is 23.2 Å². The van der Waals surface area contributed by atoms with Gasteiger partial charge < -0.3 is 19.0 Å². The number of methoxy groups -OCH3 is 1. The highest BCUT2D eigenvalue weighted by Crippen LogP contribution is 2.36. The summed E-state index contributed by atoms with van der Waals surface area (Å²) in [5.41, 5.74) is 4.10. The number of oxazole rings is 1. The Hall–Kier alpha value is -4.20. The van der Waals surface area contributed by atoms with Gasteiger partial charge in [-0.1, -0.05) is 0 Å². The van der Waals surface area contributed by atoms with Crippen molar-refractivity contribution in [3.8, 4) is 28.5 Å². The van der Waals surface area contributed by atoms with Crippen LogP contribution >= 0.6 is 0 Å². The Kier molecular flexibility index (Phi) is 5.49. The lowest BCUT2D eigenvalue weighted by atomic mass is 10.1. The van der Waals surface area contributed by atoms with Gasteiger partial charge in [0.25, 0.3) is 0 Å². The molecular weight excluding hydrogens is 433 g/mol. The fourth-order valence-corrected chi connectivity index (χ4v) is 4.03. The number of hydrogen-bond acceptors (Lipinski definition) is 6. The number of imidazole rings is 1. The van der Waals surface area contributed by atoms with Crippen molar-refractivity contribution in [3.63, 3.8) is 0 Å². The quantitative estimate of drug-likeness (QED) is 0.312. The molecule has 34 heavy (non-hydrogen) atoms. The number of nitrogens with one attached hydrogen (secondary N) is 1. The molecule has 0 spiro atoms. The summed E-state index contributed by atoms with van der Waals surface area (Å²) in [5.74, 6) is 2.97. The van der Waals surface area contributed by atoms with Crippen molar-refractivity contribution in [1.29, 1.82) is 0 Å². The molecule has 3 heterocycles. The van der Waals surface area contributed by atoms with Crippen molar-refractivity contribution < 1.29 is 13.5 Å². The van der Waals surface area contributed by atoms with Gasteiger partial charge in [0.05, 0.1) is 24.4 Å². The van der Waals surface area contributed by atoms with Gasteiger partial charge in [-0.05, 0) is 56.3 Å². The number of hydrogen-bond donors (Lipinski definition) is 1. The number of benzene rings is 2. The van der Waals surface area contributed by atoms with Crippen LogP contribution in [0.2, 0.25) is 0 Å². The van der Waals surface area contributed by atoms with Gasteiger partial charge in [-0.25, -0.2) is 19.3 Å². The molecule has 172 valence electrons. The summed E-state index contributed by atoms with van der Waals surface area (Å²) in [6, 6.07) is 14.2. The number of rotatable bonds is 6. The SMILES string of the molecule is COc1cc(Nc2nccc3c2nc(-c2ccc(F)cc2)n3C(C)C)ccc1-c1cnc(C)o1. The third-order valence-corrected chi connectivity index (χ3v) is 5.58. The standard InChI is InChI=1S/C26H24FN5O2/c1-15(2)32-21-11-12-28-25(24(21)31-26(32)17-5-7-18(27)8-6-17)30-19-9-10-20(22(13-19)33-4)23-14-29-16(3)34-23/h5-15H,1-4H3,(H,28,30). The highest BCUT2D eigenvalue weighted by Gasteiger charge is 2.19. The highest BCUT2D eigenvalue weighted by molar-refractivity contribution is 5.91. The van der Waals surface area contributed by atoms with E-state index in [1.165, 1.54) is 12.1 Å². The second-order valence-electron chi connectivity index (χ2n) is 8.22. The Labute approximate surface area is 196 Å². The largest absolute Gasteiger partial charge is 0.496 e. The molecule has 7 nitrogen and oxygen atoms in total. The van der Waals surface area contributed by atoms with E-state index in [2.05, 4.69) is 33.7 Å². The van der Waals surface area contributed by atoms with Gasteiger partial charge >= 0.3 is 0 Å². The maximum absolute atomic E-state index is 13.5. The van der Waals surface area contributed by atoms with Crippen molar-refractivity contribution in [2.75, 3.05) is 12.4 Å². The molecule has 0 radical (unpaired) electrons. The topological polar surface area (TPSA) is 78.0 Å². The summed E-state index contributed by atoms with van der Waals surface area (Å²) in [7, 11) is 1.62. The fourth-order valence-electron chi connectivity index (χ4n) is 4.03. The lowest BCUT2D eigenvalue weighted by molar-refractivity contribution is 0.414. The van der Waals surface area contributed by atoms with Crippen LogP contribution in [0.5, 0.6) is 5.75 Å². The van der Waals surface area contributed by atoms with Crippen LogP contribution in [0.1, 0.15) is 25.8 Å². The molecule has 0 aliphatic heterocycles. The molecular formula is C26H24FN5O2. The van der Waals surface area contributed by atoms with Crippen molar-refractivity contribution in [3.05, 3.63) is 72.6 Å². The minimum Gasteiger partial charge on any atom is -0.496 e. The molecule has 0 atom stereocenters. The first-order valence-corrected chi connectivity index (χ1v) is 11.0. The molecule has 2 aromatic carbocycles. The summed E-state index contributed by atoms with van der Waals surface area (Å²) in [5, 5.41) is 3.37. The molecule has 0 fully saturated rings. The van der Waals surface area contributed by atoms with E-state index in [4.69, 9.17) is 14.1 Å². The summed E-state index contributed by atoms with van der Waals surface area (Å²) in [6.07, 6.45) is 3.43. The van der Waals surface area contributed by atoms with Gasteiger partial charge in [0.15, 0.2) is 17.5 Å². The number of pyridine rings is 1. The average molecular weight is 458 g/mol. The Bertz CT molecular complexity index is 1470. The first-order valence-electron chi connectivity index (χ1n) is 11.0. The zero-order valence-electron chi connectivity index (χ0n) is 19.3. The lowest BCUT2D eigenvalue weighted by Crippen LogP contribution is -2.03. The Balaban J connectivity index is 1.57. The van der Waals surface area contributed by atoms with Gasteiger partial charge in [-0.3, -0.25) is 0 Å². The number of aryl methyl sites for hydroxylation is 1. The van der Waals surface area contributed by atoms with Gasteiger partial charge in [-0.2, -0.15) is 0 Å². The lowest BCUT2D eigenvalue weighted by Gasteiger charge is -2.13. The first-order chi connectivity index (χ1) is 16.4. The molecule has 0 unspecified atom stereocenters. The Morgan fingerprint density at radius 1 is 1.06 bits per heavy atom. The number of aromatic nitrogens is 4. The predicted molar refractivity (Wildman–Crippen MR) is 130 cm³/mol. The minimum absolute atomic E-state index is 0.144. The molecule has 0 saturated carbocycles. The van der Waals surface area contributed by atoms with Crippen molar-refractivity contribution >= 4 is 22.5 Å². The first kappa shape index (κ1) is 21.6. The fraction of sp³-hybridized carbons (Fsp3) is 0.192. The van der Waals surface area contributed by atoms with Crippen LogP contribution in [0, 0.1) is 12.7 Å². The number of halogens is 1. The van der Waals surface area contributed by atoms with E-state index in [1.54, 1.807) is 38.6 Å². The predicted octanol–water partition coefficient (Wildman–Crippen LogP) is 6.53. The molecule has 5 aromatic rings. The van der Waals surface area contributed by atoms with E-state index in [-0.39, 0.29) is 11.9 Å². The third-order valence-electron chi connectivity index (χ3n) is 5.58. The molecule has 0 amide bonds. The number of fused-ring (bicyclic) bond motifs is 1. The Morgan fingerprint density at radius 2 is 1.85 bits per heavy atom. The van der Waals surface area contributed by atoms with E-state index in [0.717, 1.165) is 33.7 Å². The van der Waals surface area contributed by atoms with Crippen LogP contribution in [0.15, 0.2) is 65.3 Å². The normalized spacial score (nSPS) is 11.4. The maximum atomic E-state index is 13.5. The average Bonchev–Trinajstić information content (AvgIpc) is 3.44. The summed E-state index contributed by atoms with van der Waals surface area (Å²) in [4.78, 5) is 13.6. The number of ether oxygens (including phenoxy) is 1. The second-order valence-corrected chi connectivity index (χ2v) is 8.22. The van der Waals surface area contributed by atoms with Crippen LogP contribution in [-0.4, -0.2) is 26.6 Å². The van der Waals surface area contributed by atoms with Crippen LogP contribution in [0.3, 0.4) is 0 Å². The molecule has 5 rings (SSSR count). The Morgan fingerprint density at radius 3 is 2.53 bits per heavy atom. The number of nitrogens with zero attached hydrogens (tertiary/aromatic N) is 4. The second kappa shape index (κ2) is 8.62. The molecule has 1 N–H and O–H groups in total. The summed E-state index contributed by atoms with van der Waals surface area (Å²) < 4.78 is 26.9. The molecule has 0 saturated heterocycles. The van der Waals surface area contributed by atoms with Gasteiger partial charge in [0, 0.05) is 36.5 Å². The third kappa shape index (κ3) is 3.87. The maximum Gasteiger partial charge on any atom is 0.191 e. The van der Waals surface area contributed by atoms with Crippen molar-refractivity contribution in [1.82, 2.24) is 19.5 Å². The number of anilines is 2. The molecule has 0 aliphatic rings. The van der Waals surface area contributed by atoms with Crippen molar-refractivity contribution in [2.24, 2.45) is 0 Å². The molecule has 3 aromatic heterocycles. The van der Waals surface area contributed by atoms with Gasteiger partial charge in [0.2, 0.25) is 0 Å². The van der Waals surface area contributed by atoms with E-state index in [9.17, 15) is 4.39 Å². The zero-order valence-corrected chi connectivity index (χ0v) is 19.3. The zero-order chi connectivity index (χ0) is 23.8. The molecule has 0 bridgehead atoms. The highest BCUT2D eigenvalue weighted by atomic mass is 19.1. The van der Waals surface area contributed by atoms with E-state index in [1.807, 2.05) is 24.3 Å². The van der Waals surface area contributed by atoms with Gasteiger partial charge in [0.1, 0.15) is 22.9 Å². The van der Waals surface area contributed by atoms with Crippen LogP contribution in [0.25, 0.3) is 33.7 Å². The minimum atomic E-state index is -0.280. The van der Waals surface area contributed by atoms with Crippen LogP contribution in [0.4, 0.5) is 15.9 Å². The van der Waals surface area contributed by atoms with Crippen LogP contribution in [-0.2, 0) is 0 Å².